The zero-order chi connectivity index (χ0) is 13.9. The molecule has 0 aromatic heterocycles. The molecule has 0 spiro atoms. The van der Waals surface area contributed by atoms with E-state index in [-0.39, 0.29) is 5.91 Å². The minimum atomic E-state index is 0.117. The summed E-state index contributed by atoms with van der Waals surface area (Å²) < 4.78 is 0. The summed E-state index contributed by atoms with van der Waals surface area (Å²) in [6, 6.07) is 7.85. The van der Waals surface area contributed by atoms with Gasteiger partial charge in [0.1, 0.15) is 0 Å². The average molecular weight is 258 g/mol. The Morgan fingerprint density at radius 3 is 2.95 bits per heavy atom. The van der Waals surface area contributed by atoms with E-state index in [0.29, 0.717) is 19.5 Å². The van der Waals surface area contributed by atoms with Crippen molar-refractivity contribution in [2.45, 2.75) is 39.2 Å². The van der Waals surface area contributed by atoms with Gasteiger partial charge in [-0.25, -0.2) is 0 Å². The highest BCUT2D eigenvalue weighted by molar-refractivity contribution is 5.75. The zero-order valence-electron chi connectivity index (χ0n) is 11.5. The highest BCUT2D eigenvalue weighted by Gasteiger charge is 2.01. The number of unbranched alkanes of at least 4 members (excludes halogenated alkanes) is 2. The fourth-order valence-corrected chi connectivity index (χ4v) is 1.74. The summed E-state index contributed by atoms with van der Waals surface area (Å²) >= 11 is 0. The molecule has 3 N–H and O–H groups in total. The molecule has 1 amide bonds. The lowest BCUT2D eigenvalue weighted by Crippen LogP contribution is -2.22. The maximum atomic E-state index is 11.6. The second-order valence-electron chi connectivity index (χ2n) is 4.44. The fourth-order valence-electron chi connectivity index (χ4n) is 1.74. The van der Waals surface area contributed by atoms with Crippen molar-refractivity contribution < 1.29 is 4.79 Å². The monoisotopic (exact) mass is 258 g/mol. The number of rotatable bonds is 6. The van der Waals surface area contributed by atoms with Crippen molar-refractivity contribution in [2.24, 2.45) is 5.73 Å². The quantitative estimate of drug-likeness (QED) is 0.607. The lowest BCUT2D eigenvalue weighted by atomic mass is 10.1. The number of benzene rings is 1. The van der Waals surface area contributed by atoms with E-state index in [1.54, 1.807) is 0 Å². The van der Waals surface area contributed by atoms with Crippen LogP contribution in [0.25, 0.3) is 0 Å². The summed E-state index contributed by atoms with van der Waals surface area (Å²) in [6.07, 6.45) is 3.82. The van der Waals surface area contributed by atoms with Crippen molar-refractivity contribution in [3.8, 4) is 11.8 Å². The molecule has 0 aliphatic rings. The van der Waals surface area contributed by atoms with Crippen molar-refractivity contribution in [1.29, 1.82) is 0 Å². The average Bonchev–Trinajstić information content (AvgIpc) is 2.44. The molecule has 0 aliphatic heterocycles. The summed E-state index contributed by atoms with van der Waals surface area (Å²) in [4.78, 5) is 11.6. The molecule has 0 saturated carbocycles. The van der Waals surface area contributed by atoms with E-state index in [1.807, 2.05) is 24.3 Å². The van der Waals surface area contributed by atoms with Gasteiger partial charge in [-0.3, -0.25) is 4.79 Å². The van der Waals surface area contributed by atoms with E-state index in [2.05, 4.69) is 24.1 Å². The predicted molar refractivity (Wildman–Crippen MR) is 78.4 cm³/mol. The van der Waals surface area contributed by atoms with E-state index in [1.165, 1.54) is 0 Å². The first-order chi connectivity index (χ1) is 9.26. The number of carbonyl (C=O) groups is 1. The van der Waals surface area contributed by atoms with Crippen LogP contribution in [-0.4, -0.2) is 12.5 Å². The van der Waals surface area contributed by atoms with Gasteiger partial charge in [-0.1, -0.05) is 43.7 Å². The first-order valence-electron chi connectivity index (χ1n) is 6.81. The van der Waals surface area contributed by atoms with Crippen LogP contribution in [0.4, 0.5) is 0 Å². The van der Waals surface area contributed by atoms with Crippen LogP contribution in [0.2, 0.25) is 0 Å². The minimum Gasteiger partial charge on any atom is -0.352 e. The van der Waals surface area contributed by atoms with Crippen LogP contribution in [0.1, 0.15) is 43.7 Å². The lowest BCUT2D eigenvalue weighted by molar-refractivity contribution is -0.121. The Bertz CT molecular complexity index is 457. The summed E-state index contributed by atoms with van der Waals surface area (Å²) in [7, 11) is 0. The van der Waals surface area contributed by atoms with Crippen molar-refractivity contribution >= 4 is 5.91 Å². The largest absolute Gasteiger partial charge is 0.352 e. The highest BCUT2D eigenvalue weighted by atomic mass is 16.1. The molecule has 1 aromatic rings. The van der Waals surface area contributed by atoms with Gasteiger partial charge >= 0.3 is 0 Å². The van der Waals surface area contributed by atoms with Gasteiger partial charge in [-0.05, 0) is 24.1 Å². The number of hydrogen-bond acceptors (Lipinski definition) is 2. The van der Waals surface area contributed by atoms with Crippen molar-refractivity contribution in [1.82, 2.24) is 5.32 Å². The van der Waals surface area contributed by atoms with Gasteiger partial charge in [-0.2, -0.15) is 0 Å². The molecule has 0 unspecified atom stereocenters. The number of nitrogens with one attached hydrogen (secondary N) is 1. The third-order valence-electron chi connectivity index (χ3n) is 2.76. The molecule has 3 heteroatoms. The maximum absolute atomic E-state index is 11.6. The van der Waals surface area contributed by atoms with Gasteiger partial charge in [-0.15, -0.1) is 0 Å². The van der Waals surface area contributed by atoms with Gasteiger partial charge in [0.05, 0.1) is 6.54 Å². The standard InChI is InChI=1S/C16H22N2O/c1-2-3-4-10-16(19)18-13-15-8-5-7-14(12-15)9-6-11-17/h5,7-8,12H,2-4,10-11,13,17H2,1H3,(H,18,19). The molecule has 19 heavy (non-hydrogen) atoms. The van der Waals surface area contributed by atoms with Crippen LogP contribution in [0, 0.1) is 11.8 Å². The van der Waals surface area contributed by atoms with Crippen LogP contribution < -0.4 is 11.1 Å². The van der Waals surface area contributed by atoms with E-state index < -0.39 is 0 Å². The molecule has 0 heterocycles. The van der Waals surface area contributed by atoms with Gasteiger partial charge in [0.2, 0.25) is 5.91 Å². The van der Waals surface area contributed by atoms with Crippen LogP contribution >= 0.6 is 0 Å². The fraction of sp³-hybridized carbons (Fsp3) is 0.438. The summed E-state index contributed by atoms with van der Waals surface area (Å²) in [5, 5.41) is 2.93. The maximum Gasteiger partial charge on any atom is 0.220 e. The van der Waals surface area contributed by atoms with Gasteiger partial charge in [0.25, 0.3) is 0 Å². The third kappa shape index (κ3) is 6.64. The second-order valence-corrected chi connectivity index (χ2v) is 4.44. The predicted octanol–water partition coefficient (Wildman–Crippen LogP) is 2.19. The van der Waals surface area contributed by atoms with Crippen LogP contribution in [0.15, 0.2) is 24.3 Å². The Balaban J connectivity index is 2.42. The molecule has 3 nitrogen and oxygen atoms in total. The smallest absolute Gasteiger partial charge is 0.220 e. The normalized spacial score (nSPS) is 9.58. The zero-order valence-corrected chi connectivity index (χ0v) is 11.5. The Morgan fingerprint density at radius 2 is 2.21 bits per heavy atom. The molecule has 0 aliphatic carbocycles. The molecule has 0 saturated heterocycles. The molecule has 102 valence electrons. The van der Waals surface area contributed by atoms with Crippen molar-refractivity contribution in [3.63, 3.8) is 0 Å². The first kappa shape index (κ1) is 15.3. The number of carbonyl (C=O) groups excluding carboxylic acids is 1. The Labute approximate surface area is 115 Å². The molecule has 1 aromatic carbocycles. The summed E-state index contributed by atoms with van der Waals surface area (Å²) in [5.41, 5.74) is 7.34. The van der Waals surface area contributed by atoms with E-state index in [9.17, 15) is 4.79 Å². The summed E-state index contributed by atoms with van der Waals surface area (Å²) in [6.45, 7) is 3.05. The number of amides is 1. The molecule has 1 rings (SSSR count). The van der Waals surface area contributed by atoms with Crippen molar-refractivity contribution in [3.05, 3.63) is 35.4 Å². The van der Waals surface area contributed by atoms with Crippen LogP contribution in [0.3, 0.4) is 0 Å². The van der Waals surface area contributed by atoms with Crippen LogP contribution in [-0.2, 0) is 11.3 Å². The van der Waals surface area contributed by atoms with Crippen molar-refractivity contribution in [2.75, 3.05) is 6.54 Å². The Morgan fingerprint density at radius 1 is 1.37 bits per heavy atom. The van der Waals surface area contributed by atoms with Gasteiger partial charge in [0, 0.05) is 18.5 Å². The topological polar surface area (TPSA) is 55.1 Å². The Hall–Kier alpha value is -1.79. The van der Waals surface area contributed by atoms with E-state index >= 15 is 0 Å². The molecule has 0 radical (unpaired) electrons. The number of hydrogen-bond donors (Lipinski definition) is 2. The molecule has 0 bridgehead atoms. The summed E-state index contributed by atoms with van der Waals surface area (Å²) in [5.74, 6) is 5.93. The minimum absolute atomic E-state index is 0.117. The van der Waals surface area contributed by atoms with Gasteiger partial charge < -0.3 is 11.1 Å². The Kier molecular flexibility index (Phi) is 7.38. The van der Waals surface area contributed by atoms with E-state index in [0.717, 1.165) is 30.4 Å². The molecular formula is C16H22N2O. The lowest BCUT2D eigenvalue weighted by Gasteiger charge is -2.05. The highest BCUT2D eigenvalue weighted by Crippen LogP contribution is 2.04. The first-order valence-corrected chi connectivity index (χ1v) is 6.81. The molecular weight excluding hydrogens is 236 g/mol. The molecule has 0 atom stereocenters. The second kappa shape index (κ2) is 9.18. The molecule has 0 fully saturated rings. The number of nitrogens with two attached hydrogens (primary N) is 1. The van der Waals surface area contributed by atoms with E-state index in [4.69, 9.17) is 5.73 Å². The van der Waals surface area contributed by atoms with Gasteiger partial charge in [0.15, 0.2) is 0 Å². The SMILES string of the molecule is CCCCCC(=O)NCc1cccc(C#CCN)c1. The van der Waals surface area contributed by atoms with Crippen LogP contribution in [0.5, 0.6) is 0 Å². The third-order valence-corrected chi connectivity index (χ3v) is 2.76.